The summed E-state index contributed by atoms with van der Waals surface area (Å²) in [6.07, 6.45) is 1.51. The van der Waals surface area contributed by atoms with Crippen molar-refractivity contribution in [3.63, 3.8) is 0 Å². The van der Waals surface area contributed by atoms with Crippen LogP contribution < -0.4 is 10.5 Å². The average molecular weight is 342 g/mol. The van der Waals surface area contributed by atoms with Gasteiger partial charge < -0.3 is 15.4 Å². The van der Waals surface area contributed by atoms with Crippen molar-refractivity contribution in [2.45, 2.75) is 31.9 Å². The van der Waals surface area contributed by atoms with Crippen LogP contribution in [-0.2, 0) is 4.79 Å². The van der Waals surface area contributed by atoms with Crippen LogP contribution in [0.1, 0.15) is 30.0 Å². The number of piperidine rings is 1. The van der Waals surface area contributed by atoms with E-state index in [0.29, 0.717) is 18.8 Å². The highest BCUT2D eigenvalue weighted by Gasteiger charge is 2.27. The van der Waals surface area contributed by atoms with Crippen LogP contribution in [0.3, 0.4) is 0 Å². The summed E-state index contributed by atoms with van der Waals surface area (Å²) >= 11 is 0. The normalized spacial score (nSPS) is 16.5. The first-order chi connectivity index (χ1) is 12.0. The van der Waals surface area contributed by atoms with Crippen molar-refractivity contribution in [3.05, 3.63) is 65.5 Å². The molecular weight excluding hydrogens is 319 g/mol. The second-order valence-electron chi connectivity index (χ2n) is 6.48. The molecule has 0 bridgehead atoms. The number of benzene rings is 2. The Morgan fingerprint density at radius 1 is 1.12 bits per heavy atom. The molecule has 132 valence electrons. The van der Waals surface area contributed by atoms with E-state index in [0.717, 1.165) is 24.0 Å². The predicted octanol–water partition coefficient (Wildman–Crippen LogP) is 3.20. The molecular formula is C20H23FN2O2. The number of hydrogen-bond donors (Lipinski definition) is 1. The topological polar surface area (TPSA) is 55.6 Å². The molecule has 1 atom stereocenters. The summed E-state index contributed by atoms with van der Waals surface area (Å²) in [7, 11) is 0. The number of hydrogen-bond acceptors (Lipinski definition) is 3. The average Bonchev–Trinajstić information content (AvgIpc) is 2.64. The van der Waals surface area contributed by atoms with Gasteiger partial charge in [-0.15, -0.1) is 0 Å². The molecule has 5 heteroatoms. The molecule has 2 aromatic rings. The first-order valence-electron chi connectivity index (χ1n) is 8.56. The van der Waals surface area contributed by atoms with Gasteiger partial charge in [0.1, 0.15) is 23.7 Å². The molecule has 1 aliphatic rings. The number of ether oxygens (including phenoxy) is 1. The van der Waals surface area contributed by atoms with Crippen LogP contribution in [0.2, 0.25) is 0 Å². The molecule has 1 heterocycles. The van der Waals surface area contributed by atoms with Gasteiger partial charge in [-0.3, -0.25) is 4.79 Å². The number of nitrogens with zero attached hydrogens (tertiary/aromatic N) is 1. The molecule has 0 saturated carbocycles. The first-order valence-corrected chi connectivity index (χ1v) is 8.56. The minimum absolute atomic E-state index is 0.0325. The van der Waals surface area contributed by atoms with Crippen LogP contribution in [0.25, 0.3) is 0 Å². The number of carbonyl (C=O) groups is 1. The Morgan fingerprint density at radius 3 is 2.32 bits per heavy atom. The standard InChI is InChI=1S/C20H23FN2O2/c1-14-2-4-15(5-3-14)19(22)20(24)23-12-10-18(11-13-23)25-17-8-6-16(21)7-9-17/h2-9,18-19H,10-13,22H2,1H3. The smallest absolute Gasteiger partial charge is 0.244 e. The van der Waals surface area contributed by atoms with E-state index in [9.17, 15) is 9.18 Å². The molecule has 1 fully saturated rings. The van der Waals surface area contributed by atoms with Crippen LogP contribution >= 0.6 is 0 Å². The van der Waals surface area contributed by atoms with Crippen molar-refractivity contribution in [3.8, 4) is 5.75 Å². The lowest BCUT2D eigenvalue weighted by molar-refractivity contribution is -0.134. The molecule has 25 heavy (non-hydrogen) atoms. The Kier molecular flexibility index (Phi) is 5.34. The zero-order valence-electron chi connectivity index (χ0n) is 14.3. The van der Waals surface area contributed by atoms with Crippen molar-refractivity contribution in [2.75, 3.05) is 13.1 Å². The van der Waals surface area contributed by atoms with Crippen molar-refractivity contribution in [1.29, 1.82) is 0 Å². The van der Waals surface area contributed by atoms with Crippen molar-refractivity contribution in [2.24, 2.45) is 5.73 Å². The molecule has 1 unspecified atom stereocenters. The van der Waals surface area contributed by atoms with Gasteiger partial charge in [-0.05, 0) is 36.8 Å². The summed E-state index contributed by atoms with van der Waals surface area (Å²) in [5.41, 5.74) is 8.11. The van der Waals surface area contributed by atoms with E-state index in [4.69, 9.17) is 10.5 Å². The number of nitrogens with two attached hydrogens (primary N) is 1. The summed E-state index contributed by atoms with van der Waals surface area (Å²) in [6.45, 7) is 3.23. The molecule has 1 saturated heterocycles. The van der Waals surface area contributed by atoms with E-state index >= 15 is 0 Å². The molecule has 3 rings (SSSR count). The molecule has 0 spiro atoms. The second kappa shape index (κ2) is 7.66. The Labute approximate surface area is 147 Å². The van der Waals surface area contributed by atoms with Gasteiger partial charge in [0.2, 0.25) is 5.91 Å². The maximum Gasteiger partial charge on any atom is 0.244 e. The maximum atomic E-state index is 12.9. The SMILES string of the molecule is Cc1ccc(C(N)C(=O)N2CCC(Oc3ccc(F)cc3)CC2)cc1. The quantitative estimate of drug-likeness (QED) is 0.928. The number of amides is 1. The van der Waals surface area contributed by atoms with Gasteiger partial charge in [-0.25, -0.2) is 4.39 Å². The highest BCUT2D eigenvalue weighted by atomic mass is 19.1. The molecule has 0 aliphatic carbocycles. The molecule has 0 aromatic heterocycles. The van der Waals surface area contributed by atoms with E-state index < -0.39 is 6.04 Å². The van der Waals surface area contributed by atoms with Gasteiger partial charge >= 0.3 is 0 Å². The number of carbonyl (C=O) groups excluding carboxylic acids is 1. The van der Waals surface area contributed by atoms with Crippen LogP contribution in [-0.4, -0.2) is 30.0 Å². The zero-order valence-corrected chi connectivity index (χ0v) is 14.3. The molecule has 4 nitrogen and oxygen atoms in total. The highest BCUT2D eigenvalue weighted by Crippen LogP contribution is 2.22. The lowest BCUT2D eigenvalue weighted by Crippen LogP contribution is -2.45. The van der Waals surface area contributed by atoms with Gasteiger partial charge in [0.25, 0.3) is 0 Å². The molecule has 2 aromatic carbocycles. The number of rotatable bonds is 4. The van der Waals surface area contributed by atoms with Crippen molar-refractivity contribution >= 4 is 5.91 Å². The fraction of sp³-hybridized carbons (Fsp3) is 0.350. The monoisotopic (exact) mass is 342 g/mol. The third-order valence-corrected chi connectivity index (χ3v) is 4.57. The van der Waals surface area contributed by atoms with Gasteiger partial charge in [0.05, 0.1) is 0 Å². The van der Waals surface area contributed by atoms with Crippen LogP contribution in [0.4, 0.5) is 4.39 Å². The van der Waals surface area contributed by atoms with E-state index in [1.807, 2.05) is 31.2 Å². The lowest BCUT2D eigenvalue weighted by atomic mass is 10.0. The van der Waals surface area contributed by atoms with Gasteiger partial charge in [0, 0.05) is 25.9 Å². The number of halogens is 1. The molecule has 2 N–H and O–H groups in total. The van der Waals surface area contributed by atoms with Crippen molar-refractivity contribution < 1.29 is 13.9 Å². The van der Waals surface area contributed by atoms with Crippen molar-refractivity contribution in [1.82, 2.24) is 4.90 Å². The van der Waals surface area contributed by atoms with E-state index in [1.165, 1.54) is 12.1 Å². The Morgan fingerprint density at radius 2 is 1.72 bits per heavy atom. The Bertz CT molecular complexity index is 707. The highest BCUT2D eigenvalue weighted by molar-refractivity contribution is 5.83. The fourth-order valence-electron chi connectivity index (χ4n) is 3.01. The molecule has 1 amide bonds. The van der Waals surface area contributed by atoms with E-state index in [1.54, 1.807) is 17.0 Å². The van der Waals surface area contributed by atoms with Gasteiger partial charge in [-0.2, -0.15) is 0 Å². The van der Waals surface area contributed by atoms with Crippen LogP contribution in [0, 0.1) is 12.7 Å². The third-order valence-electron chi connectivity index (χ3n) is 4.57. The van der Waals surface area contributed by atoms with E-state index in [-0.39, 0.29) is 17.8 Å². The largest absolute Gasteiger partial charge is 0.490 e. The van der Waals surface area contributed by atoms with Crippen LogP contribution in [0.15, 0.2) is 48.5 Å². The molecule has 0 radical (unpaired) electrons. The summed E-state index contributed by atoms with van der Waals surface area (Å²) in [5, 5.41) is 0. The first kappa shape index (κ1) is 17.4. The Hall–Kier alpha value is -2.40. The molecule has 1 aliphatic heterocycles. The number of aryl methyl sites for hydroxylation is 1. The van der Waals surface area contributed by atoms with Gasteiger partial charge in [-0.1, -0.05) is 29.8 Å². The summed E-state index contributed by atoms with van der Waals surface area (Å²) in [5.74, 6) is 0.324. The minimum Gasteiger partial charge on any atom is -0.490 e. The van der Waals surface area contributed by atoms with Gasteiger partial charge in [0.15, 0.2) is 0 Å². The summed E-state index contributed by atoms with van der Waals surface area (Å²) < 4.78 is 18.8. The number of likely N-dealkylation sites (tertiary alicyclic amines) is 1. The zero-order chi connectivity index (χ0) is 17.8. The van der Waals surface area contributed by atoms with E-state index in [2.05, 4.69) is 0 Å². The minimum atomic E-state index is -0.629. The predicted molar refractivity (Wildman–Crippen MR) is 94.7 cm³/mol. The van der Waals surface area contributed by atoms with Crippen LogP contribution in [0.5, 0.6) is 5.75 Å². The maximum absolute atomic E-state index is 12.9. The second-order valence-corrected chi connectivity index (χ2v) is 6.48. The summed E-state index contributed by atoms with van der Waals surface area (Å²) in [4.78, 5) is 14.4. The summed E-state index contributed by atoms with van der Waals surface area (Å²) in [6, 6.07) is 13.1. The lowest BCUT2D eigenvalue weighted by Gasteiger charge is -2.33. The third kappa shape index (κ3) is 4.37. The Balaban J connectivity index is 1.53. The fourth-order valence-corrected chi connectivity index (χ4v) is 3.01.